The molecule has 0 saturated heterocycles. The molecule has 0 aliphatic heterocycles. The zero-order chi connectivity index (χ0) is 13.0. The lowest BCUT2D eigenvalue weighted by atomic mass is 10.2. The Balaban J connectivity index is 1.88. The molecule has 1 N–H and O–H groups in total. The van der Waals surface area contributed by atoms with Crippen molar-refractivity contribution in [1.82, 2.24) is 5.32 Å². The average molecular weight is 267 g/mol. The molecule has 100 valence electrons. The van der Waals surface area contributed by atoms with Gasteiger partial charge in [-0.1, -0.05) is 30.5 Å². The number of nitrogens with one attached hydrogen (secondary N) is 1. The molecule has 0 unspecified atom stereocenters. The maximum absolute atomic E-state index is 12.1. The number of sulfone groups is 1. The molecule has 0 bridgehead atoms. The standard InChI is InChI=1S/C14H21NO2S/c1-12-6-8-14(9-7-12)18(16,17)11-10-15-13-4-2-3-5-13/h6-9,13,15H,2-5,10-11H2,1H3. The van der Waals surface area contributed by atoms with Gasteiger partial charge in [0, 0.05) is 12.6 Å². The van der Waals surface area contributed by atoms with Crippen molar-refractivity contribution in [2.75, 3.05) is 12.3 Å². The lowest BCUT2D eigenvalue weighted by molar-refractivity contribution is 0.536. The normalized spacial score (nSPS) is 17.2. The predicted molar refractivity (Wildman–Crippen MR) is 73.5 cm³/mol. The van der Waals surface area contributed by atoms with Gasteiger partial charge in [0.1, 0.15) is 0 Å². The van der Waals surface area contributed by atoms with Crippen LogP contribution in [0, 0.1) is 6.92 Å². The molecule has 1 saturated carbocycles. The third-order valence-corrected chi connectivity index (χ3v) is 5.27. The molecule has 18 heavy (non-hydrogen) atoms. The van der Waals surface area contributed by atoms with Crippen molar-refractivity contribution in [1.29, 1.82) is 0 Å². The Bertz CT molecular complexity index is 473. The fraction of sp³-hybridized carbons (Fsp3) is 0.571. The second-order valence-corrected chi connectivity index (χ2v) is 7.18. The van der Waals surface area contributed by atoms with Crippen LogP contribution in [-0.2, 0) is 9.84 Å². The Labute approximate surface area is 110 Å². The van der Waals surface area contributed by atoms with Gasteiger partial charge in [-0.3, -0.25) is 0 Å². The quantitative estimate of drug-likeness (QED) is 0.890. The number of rotatable bonds is 5. The summed E-state index contributed by atoms with van der Waals surface area (Å²) in [5.41, 5.74) is 1.08. The smallest absolute Gasteiger partial charge is 0.179 e. The Kier molecular flexibility index (Phi) is 4.40. The largest absolute Gasteiger partial charge is 0.313 e. The second kappa shape index (κ2) is 5.85. The molecule has 1 aromatic carbocycles. The maximum Gasteiger partial charge on any atom is 0.179 e. The van der Waals surface area contributed by atoms with E-state index in [1.807, 2.05) is 19.1 Å². The van der Waals surface area contributed by atoms with Crippen LogP contribution in [0.25, 0.3) is 0 Å². The molecule has 0 heterocycles. The van der Waals surface area contributed by atoms with Crippen LogP contribution >= 0.6 is 0 Å². The maximum atomic E-state index is 12.1. The minimum Gasteiger partial charge on any atom is -0.313 e. The second-order valence-electron chi connectivity index (χ2n) is 5.07. The van der Waals surface area contributed by atoms with Gasteiger partial charge < -0.3 is 5.32 Å². The average Bonchev–Trinajstić information content (AvgIpc) is 2.82. The summed E-state index contributed by atoms with van der Waals surface area (Å²) in [5.74, 6) is 0.187. The summed E-state index contributed by atoms with van der Waals surface area (Å²) in [7, 11) is -3.13. The van der Waals surface area contributed by atoms with E-state index in [1.54, 1.807) is 12.1 Å². The van der Waals surface area contributed by atoms with Crippen molar-refractivity contribution in [2.24, 2.45) is 0 Å². The molecule has 1 aromatic rings. The van der Waals surface area contributed by atoms with E-state index in [0.29, 0.717) is 17.5 Å². The van der Waals surface area contributed by atoms with Crippen LogP contribution < -0.4 is 5.32 Å². The fourth-order valence-corrected chi connectivity index (χ4v) is 3.56. The summed E-state index contributed by atoms with van der Waals surface area (Å²) >= 11 is 0. The highest BCUT2D eigenvalue weighted by Crippen LogP contribution is 2.17. The Morgan fingerprint density at radius 3 is 2.39 bits per heavy atom. The third kappa shape index (κ3) is 3.56. The van der Waals surface area contributed by atoms with E-state index in [2.05, 4.69) is 5.32 Å². The van der Waals surface area contributed by atoms with Gasteiger partial charge >= 0.3 is 0 Å². The summed E-state index contributed by atoms with van der Waals surface area (Å²) in [4.78, 5) is 0.432. The molecule has 0 radical (unpaired) electrons. The van der Waals surface area contributed by atoms with Crippen molar-refractivity contribution < 1.29 is 8.42 Å². The van der Waals surface area contributed by atoms with E-state index in [0.717, 1.165) is 5.56 Å². The van der Waals surface area contributed by atoms with E-state index in [9.17, 15) is 8.42 Å². The van der Waals surface area contributed by atoms with E-state index >= 15 is 0 Å². The number of benzene rings is 1. The van der Waals surface area contributed by atoms with Crippen LogP contribution in [0.2, 0.25) is 0 Å². The Morgan fingerprint density at radius 1 is 1.17 bits per heavy atom. The highest BCUT2D eigenvalue weighted by molar-refractivity contribution is 7.91. The lowest BCUT2D eigenvalue weighted by Crippen LogP contribution is -2.31. The van der Waals surface area contributed by atoms with Crippen LogP contribution in [0.4, 0.5) is 0 Å². The van der Waals surface area contributed by atoms with E-state index < -0.39 is 9.84 Å². The van der Waals surface area contributed by atoms with Crippen LogP contribution in [0.15, 0.2) is 29.2 Å². The summed E-state index contributed by atoms with van der Waals surface area (Å²) in [5, 5.41) is 3.34. The monoisotopic (exact) mass is 267 g/mol. The zero-order valence-electron chi connectivity index (χ0n) is 10.9. The van der Waals surface area contributed by atoms with Crippen molar-refractivity contribution >= 4 is 9.84 Å². The molecule has 0 spiro atoms. The van der Waals surface area contributed by atoms with E-state index in [4.69, 9.17) is 0 Å². The van der Waals surface area contributed by atoms with Crippen LogP contribution in [0.1, 0.15) is 31.2 Å². The zero-order valence-corrected chi connectivity index (χ0v) is 11.7. The fourth-order valence-electron chi connectivity index (χ4n) is 2.39. The van der Waals surface area contributed by atoms with Gasteiger partial charge in [-0.25, -0.2) is 8.42 Å². The molecule has 0 amide bonds. The van der Waals surface area contributed by atoms with Gasteiger partial charge in [-0.05, 0) is 31.9 Å². The Morgan fingerprint density at radius 2 is 1.78 bits per heavy atom. The first-order valence-corrected chi connectivity index (χ1v) is 8.26. The van der Waals surface area contributed by atoms with Crippen molar-refractivity contribution in [3.63, 3.8) is 0 Å². The van der Waals surface area contributed by atoms with Gasteiger partial charge in [-0.2, -0.15) is 0 Å². The van der Waals surface area contributed by atoms with Crippen molar-refractivity contribution in [3.05, 3.63) is 29.8 Å². The number of hydrogen-bond acceptors (Lipinski definition) is 3. The molecule has 1 fully saturated rings. The SMILES string of the molecule is Cc1ccc(S(=O)(=O)CCNC2CCCC2)cc1. The molecular formula is C14H21NO2S. The van der Waals surface area contributed by atoms with E-state index in [1.165, 1.54) is 25.7 Å². The summed E-state index contributed by atoms with van der Waals surface area (Å²) in [6.07, 6.45) is 4.90. The van der Waals surface area contributed by atoms with Crippen molar-refractivity contribution in [3.8, 4) is 0 Å². The molecule has 0 aromatic heterocycles. The first-order valence-electron chi connectivity index (χ1n) is 6.61. The first-order chi connectivity index (χ1) is 8.58. The predicted octanol–water partition coefficient (Wildman–Crippen LogP) is 2.30. The van der Waals surface area contributed by atoms with Gasteiger partial charge in [0.2, 0.25) is 0 Å². The number of aryl methyl sites for hydroxylation is 1. The molecular weight excluding hydrogens is 246 g/mol. The molecule has 1 aliphatic carbocycles. The first kappa shape index (κ1) is 13.6. The summed E-state index contributed by atoms with van der Waals surface area (Å²) < 4.78 is 24.2. The highest BCUT2D eigenvalue weighted by Gasteiger charge is 2.17. The van der Waals surface area contributed by atoms with Crippen LogP contribution in [0.5, 0.6) is 0 Å². The van der Waals surface area contributed by atoms with Gasteiger partial charge in [-0.15, -0.1) is 0 Å². The van der Waals surface area contributed by atoms with Crippen molar-refractivity contribution in [2.45, 2.75) is 43.5 Å². The molecule has 1 aliphatic rings. The van der Waals surface area contributed by atoms with E-state index in [-0.39, 0.29) is 5.75 Å². The molecule has 2 rings (SSSR count). The number of hydrogen-bond donors (Lipinski definition) is 1. The molecule has 0 atom stereocenters. The highest BCUT2D eigenvalue weighted by atomic mass is 32.2. The van der Waals surface area contributed by atoms with Gasteiger partial charge in [0.05, 0.1) is 10.6 Å². The minimum absolute atomic E-state index is 0.187. The van der Waals surface area contributed by atoms with Crippen LogP contribution in [-0.4, -0.2) is 26.8 Å². The molecule has 3 nitrogen and oxygen atoms in total. The van der Waals surface area contributed by atoms with Gasteiger partial charge in [0.25, 0.3) is 0 Å². The topological polar surface area (TPSA) is 46.2 Å². The van der Waals surface area contributed by atoms with Crippen LogP contribution in [0.3, 0.4) is 0 Å². The molecule has 4 heteroatoms. The minimum atomic E-state index is -3.13. The Hall–Kier alpha value is -0.870. The summed E-state index contributed by atoms with van der Waals surface area (Å²) in [6.45, 7) is 2.51. The van der Waals surface area contributed by atoms with Gasteiger partial charge in [0.15, 0.2) is 9.84 Å². The summed E-state index contributed by atoms with van der Waals surface area (Å²) in [6, 6.07) is 7.60. The lowest BCUT2D eigenvalue weighted by Gasteiger charge is -2.11. The third-order valence-electron chi connectivity index (χ3n) is 3.54.